The lowest BCUT2D eigenvalue weighted by Gasteiger charge is -2.20. The summed E-state index contributed by atoms with van der Waals surface area (Å²) in [5.41, 5.74) is 6.82. The van der Waals surface area contributed by atoms with Crippen LogP contribution in [0.25, 0.3) is 0 Å². The van der Waals surface area contributed by atoms with E-state index in [0.717, 1.165) is 5.56 Å². The molecule has 0 saturated carbocycles. The normalized spacial score (nSPS) is 10.3. The van der Waals surface area contributed by atoms with Gasteiger partial charge in [-0.2, -0.15) is 0 Å². The van der Waals surface area contributed by atoms with Crippen LogP contribution in [0.5, 0.6) is 0 Å². The third-order valence-electron chi connectivity index (χ3n) is 2.89. The van der Waals surface area contributed by atoms with Crippen molar-refractivity contribution in [1.82, 2.24) is 4.98 Å². The van der Waals surface area contributed by atoms with E-state index < -0.39 is 5.97 Å². The lowest BCUT2D eigenvalue weighted by Crippen LogP contribution is -2.20. The van der Waals surface area contributed by atoms with E-state index >= 15 is 0 Å². The number of halogens is 1. The first-order valence-electron chi connectivity index (χ1n) is 5.92. The summed E-state index contributed by atoms with van der Waals surface area (Å²) in [6, 6.07) is 7.40. The molecule has 1 heterocycles. The summed E-state index contributed by atoms with van der Waals surface area (Å²) in [5.74, 6) is -1.02. The number of carboxylic acid groups (broad SMARTS) is 1. The maximum Gasteiger partial charge on any atom is 0.337 e. The molecule has 3 N–H and O–H groups in total. The first-order valence-corrected chi connectivity index (χ1v) is 5.92. The molecule has 0 saturated heterocycles. The maximum atomic E-state index is 12.8. The second-order valence-electron chi connectivity index (χ2n) is 4.38. The van der Waals surface area contributed by atoms with Crippen molar-refractivity contribution in [3.8, 4) is 0 Å². The molecule has 0 atom stereocenters. The molecule has 1 aromatic carbocycles. The Morgan fingerprint density at radius 3 is 2.60 bits per heavy atom. The minimum Gasteiger partial charge on any atom is -0.478 e. The van der Waals surface area contributed by atoms with Gasteiger partial charge in [-0.1, -0.05) is 12.1 Å². The van der Waals surface area contributed by atoms with E-state index in [1.807, 2.05) is 0 Å². The molecular formula is C14H14FN3O2. The highest BCUT2D eigenvalue weighted by Crippen LogP contribution is 2.24. The van der Waals surface area contributed by atoms with Crippen molar-refractivity contribution in [1.29, 1.82) is 0 Å². The minimum atomic E-state index is -1.10. The van der Waals surface area contributed by atoms with Crippen molar-refractivity contribution in [3.63, 3.8) is 0 Å². The number of carboxylic acids is 1. The molecule has 0 amide bonds. The summed E-state index contributed by atoms with van der Waals surface area (Å²) in [6.07, 6.45) is 1.40. The first kappa shape index (κ1) is 13.8. The number of pyridine rings is 1. The molecule has 0 aliphatic carbocycles. The van der Waals surface area contributed by atoms with Crippen LogP contribution < -0.4 is 10.6 Å². The fourth-order valence-electron chi connectivity index (χ4n) is 1.89. The average Bonchev–Trinajstić information content (AvgIpc) is 2.41. The van der Waals surface area contributed by atoms with Gasteiger partial charge >= 0.3 is 5.97 Å². The van der Waals surface area contributed by atoms with Crippen molar-refractivity contribution in [3.05, 3.63) is 53.5 Å². The van der Waals surface area contributed by atoms with Gasteiger partial charge in [0.15, 0.2) is 5.82 Å². The van der Waals surface area contributed by atoms with E-state index in [-0.39, 0.29) is 17.1 Å². The monoisotopic (exact) mass is 275 g/mol. The van der Waals surface area contributed by atoms with Crippen LogP contribution in [-0.4, -0.2) is 23.1 Å². The standard InChI is InChI=1S/C14H14FN3O2/c1-18(8-9-2-4-10(15)5-3-9)13-12(16)11(14(19)20)6-7-17-13/h2-7H,8,16H2,1H3,(H,19,20). The van der Waals surface area contributed by atoms with E-state index in [1.165, 1.54) is 24.4 Å². The highest BCUT2D eigenvalue weighted by atomic mass is 19.1. The van der Waals surface area contributed by atoms with E-state index in [2.05, 4.69) is 4.98 Å². The largest absolute Gasteiger partial charge is 0.478 e. The Kier molecular flexibility index (Phi) is 3.84. The van der Waals surface area contributed by atoms with Crippen LogP contribution in [0.1, 0.15) is 15.9 Å². The fraction of sp³-hybridized carbons (Fsp3) is 0.143. The molecule has 0 radical (unpaired) electrons. The molecule has 104 valence electrons. The van der Waals surface area contributed by atoms with Crippen LogP contribution in [0.3, 0.4) is 0 Å². The SMILES string of the molecule is CN(Cc1ccc(F)cc1)c1nccc(C(=O)O)c1N. The molecule has 0 unspecified atom stereocenters. The number of aromatic carboxylic acids is 1. The zero-order valence-corrected chi connectivity index (χ0v) is 10.9. The number of hydrogen-bond acceptors (Lipinski definition) is 4. The van der Waals surface area contributed by atoms with Gasteiger partial charge in [-0.25, -0.2) is 14.2 Å². The number of hydrogen-bond donors (Lipinski definition) is 2. The van der Waals surface area contributed by atoms with Crippen molar-refractivity contribution in [2.45, 2.75) is 6.54 Å². The van der Waals surface area contributed by atoms with Crippen LogP contribution in [0.15, 0.2) is 36.5 Å². The molecular weight excluding hydrogens is 261 g/mol. The van der Waals surface area contributed by atoms with Crippen LogP contribution in [0, 0.1) is 5.82 Å². The van der Waals surface area contributed by atoms with Gasteiger partial charge in [0.25, 0.3) is 0 Å². The summed E-state index contributed by atoms with van der Waals surface area (Å²) >= 11 is 0. The molecule has 0 aliphatic rings. The summed E-state index contributed by atoms with van der Waals surface area (Å²) in [4.78, 5) is 16.8. The Bertz CT molecular complexity index is 629. The smallest absolute Gasteiger partial charge is 0.337 e. The number of aromatic nitrogens is 1. The topological polar surface area (TPSA) is 79.5 Å². The Hall–Kier alpha value is -2.63. The number of rotatable bonds is 4. The van der Waals surface area contributed by atoms with Crippen molar-refractivity contribution >= 4 is 17.5 Å². The third-order valence-corrected chi connectivity index (χ3v) is 2.89. The van der Waals surface area contributed by atoms with Gasteiger partial charge in [-0.15, -0.1) is 0 Å². The van der Waals surface area contributed by atoms with Crippen molar-refractivity contribution in [2.24, 2.45) is 0 Å². The Morgan fingerprint density at radius 2 is 2.00 bits per heavy atom. The molecule has 20 heavy (non-hydrogen) atoms. The lowest BCUT2D eigenvalue weighted by molar-refractivity contribution is 0.0698. The van der Waals surface area contributed by atoms with Crippen LogP contribution in [0.2, 0.25) is 0 Å². The Labute approximate surface area is 115 Å². The maximum absolute atomic E-state index is 12.8. The number of nitrogen functional groups attached to an aromatic ring is 1. The average molecular weight is 275 g/mol. The molecule has 0 aliphatic heterocycles. The highest BCUT2D eigenvalue weighted by Gasteiger charge is 2.15. The van der Waals surface area contributed by atoms with Crippen LogP contribution in [0.4, 0.5) is 15.9 Å². The summed E-state index contributed by atoms with van der Waals surface area (Å²) in [7, 11) is 1.74. The van der Waals surface area contributed by atoms with Crippen molar-refractivity contribution in [2.75, 3.05) is 17.7 Å². The van der Waals surface area contributed by atoms with Gasteiger partial charge in [0.05, 0.1) is 11.3 Å². The fourth-order valence-corrected chi connectivity index (χ4v) is 1.89. The molecule has 6 heteroatoms. The lowest BCUT2D eigenvalue weighted by atomic mass is 10.2. The van der Waals surface area contributed by atoms with Gasteiger partial charge in [-0.3, -0.25) is 0 Å². The number of nitrogens with zero attached hydrogens (tertiary/aromatic N) is 2. The second kappa shape index (κ2) is 5.56. The number of anilines is 2. The quantitative estimate of drug-likeness (QED) is 0.893. The Balaban J connectivity index is 2.25. The van der Waals surface area contributed by atoms with E-state index in [9.17, 15) is 9.18 Å². The molecule has 2 rings (SSSR count). The van der Waals surface area contributed by atoms with E-state index in [0.29, 0.717) is 12.4 Å². The van der Waals surface area contributed by atoms with Crippen LogP contribution >= 0.6 is 0 Å². The summed E-state index contributed by atoms with van der Waals surface area (Å²) in [6.45, 7) is 0.445. The molecule has 2 aromatic rings. The van der Waals surface area contributed by atoms with Gasteiger partial charge in [0, 0.05) is 19.8 Å². The summed E-state index contributed by atoms with van der Waals surface area (Å²) in [5, 5.41) is 9.02. The van der Waals surface area contributed by atoms with Gasteiger partial charge in [0.2, 0.25) is 0 Å². The Morgan fingerprint density at radius 1 is 1.35 bits per heavy atom. The second-order valence-corrected chi connectivity index (χ2v) is 4.38. The molecule has 5 nitrogen and oxygen atoms in total. The molecule has 0 fully saturated rings. The first-order chi connectivity index (χ1) is 9.49. The van der Waals surface area contributed by atoms with Crippen LogP contribution in [-0.2, 0) is 6.54 Å². The van der Waals surface area contributed by atoms with Gasteiger partial charge in [-0.05, 0) is 23.8 Å². The highest BCUT2D eigenvalue weighted by molar-refractivity contribution is 5.96. The molecule has 0 spiro atoms. The number of carbonyl (C=O) groups is 1. The van der Waals surface area contributed by atoms with E-state index in [1.54, 1.807) is 24.1 Å². The van der Waals surface area contributed by atoms with Gasteiger partial charge < -0.3 is 15.7 Å². The molecule has 1 aromatic heterocycles. The number of nitrogens with two attached hydrogens (primary N) is 1. The zero-order chi connectivity index (χ0) is 14.7. The minimum absolute atomic E-state index is 0.0148. The number of benzene rings is 1. The third kappa shape index (κ3) is 2.85. The zero-order valence-electron chi connectivity index (χ0n) is 10.9. The summed E-state index contributed by atoms with van der Waals surface area (Å²) < 4.78 is 12.8. The van der Waals surface area contributed by atoms with E-state index in [4.69, 9.17) is 10.8 Å². The van der Waals surface area contributed by atoms with Crippen molar-refractivity contribution < 1.29 is 14.3 Å². The predicted molar refractivity (Wildman–Crippen MR) is 74.1 cm³/mol. The van der Waals surface area contributed by atoms with Gasteiger partial charge in [0.1, 0.15) is 5.82 Å². The molecule has 0 bridgehead atoms. The predicted octanol–water partition coefficient (Wildman–Crippen LogP) is 2.14.